The highest BCUT2D eigenvalue weighted by molar-refractivity contribution is 8.00. The molecule has 8 rings (SSSR count). The number of nitrogens with one attached hydrogen (secondary N) is 3. The maximum Gasteiger partial charge on any atom is 0.255 e. The third-order valence-electron chi connectivity index (χ3n) is 10.5. The Balaban J connectivity index is 0.957. The highest BCUT2D eigenvalue weighted by Crippen LogP contribution is 2.48. The number of benzene rings is 3. The van der Waals surface area contributed by atoms with E-state index in [4.69, 9.17) is 0 Å². The van der Waals surface area contributed by atoms with Gasteiger partial charge in [-0.3, -0.25) is 34.4 Å². The number of thioether (sulfide) groups is 1. The van der Waals surface area contributed by atoms with Crippen molar-refractivity contribution >= 4 is 46.8 Å². The van der Waals surface area contributed by atoms with Crippen molar-refractivity contribution in [2.75, 3.05) is 29.5 Å². The van der Waals surface area contributed by atoms with Gasteiger partial charge in [-0.25, -0.2) is 0 Å². The number of nitrogens with zero attached hydrogens (tertiary/aromatic N) is 3. The van der Waals surface area contributed by atoms with Gasteiger partial charge in [-0.2, -0.15) is 0 Å². The van der Waals surface area contributed by atoms with Crippen molar-refractivity contribution in [2.24, 2.45) is 5.92 Å². The van der Waals surface area contributed by atoms with Gasteiger partial charge in [0.25, 0.3) is 5.91 Å². The lowest BCUT2D eigenvalue weighted by molar-refractivity contribution is -0.137. The summed E-state index contributed by atoms with van der Waals surface area (Å²) in [4.78, 5) is 59.6. The van der Waals surface area contributed by atoms with Crippen LogP contribution in [0.1, 0.15) is 52.4 Å². The van der Waals surface area contributed by atoms with Crippen LogP contribution >= 0.6 is 11.8 Å². The first-order valence-corrected chi connectivity index (χ1v) is 18.3. The summed E-state index contributed by atoms with van der Waals surface area (Å²) in [5.74, 6) is -0.758. The molecule has 0 bridgehead atoms. The first-order valence-electron chi connectivity index (χ1n) is 17.3. The summed E-state index contributed by atoms with van der Waals surface area (Å²) in [6.07, 6.45) is 5.14. The van der Waals surface area contributed by atoms with E-state index in [9.17, 15) is 24.3 Å². The normalized spacial score (nSPS) is 22.5. The summed E-state index contributed by atoms with van der Waals surface area (Å²) in [5, 5.41) is 19.2. The molecule has 4 atom stereocenters. The maximum atomic E-state index is 13.2. The van der Waals surface area contributed by atoms with Crippen molar-refractivity contribution in [3.63, 3.8) is 0 Å². The molecular weight excluding hydrogens is 665 g/mol. The number of anilines is 2. The molecule has 0 spiro atoms. The van der Waals surface area contributed by atoms with Crippen LogP contribution in [0.15, 0.2) is 90.1 Å². The van der Waals surface area contributed by atoms with Gasteiger partial charge < -0.3 is 20.6 Å². The van der Waals surface area contributed by atoms with E-state index in [1.165, 1.54) is 27.8 Å². The second-order valence-electron chi connectivity index (χ2n) is 13.6. The molecule has 12 heteroatoms. The van der Waals surface area contributed by atoms with E-state index in [0.717, 1.165) is 46.8 Å². The smallest absolute Gasteiger partial charge is 0.255 e. The van der Waals surface area contributed by atoms with Crippen molar-refractivity contribution < 1.29 is 24.3 Å². The second kappa shape index (κ2) is 13.9. The van der Waals surface area contributed by atoms with Gasteiger partial charge in [0.2, 0.25) is 17.7 Å². The summed E-state index contributed by atoms with van der Waals surface area (Å²) in [7, 11) is 0. The van der Waals surface area contributed by atoms with E-state index in [-0.39, 0.29) is 61.0 Å². The molecule has 3 aromatic carbocycles. The predicted octanol–water partition coefficient (Wildman–Crippen LogP) is 4.59. The van der Waals surface area contributed by atoms with Crippen molar-refractivity contribution in [1.82, 2.24) is 20.1 Å². The molecule has 1 aromatic heterocycles. The van der Waals surface area contributed by atoms with Gasteiger partial charge in [0, 0.05) is 65.7 Å². The number of hydrogen-bond donors (Lipinski definition) is 4. The molecule has 4 N–H and O–H groups in total. The second-order valence-corrected chi connectivity index (χ2v) is 14.6. The Morgan fingerprint density at radius 3 is 2.63 bits per heavy atom. The standard InChI is InChI=1S/C39H38N6O5S/c46-21-32-28-13-16-44(19-23-11-14-40-15-12-23)37(28)29-18-25(7-8-31(29)42-32)24-3-1-4-26(17-24)41-36(48)22-51-34-6-2-5-27-30(34)20-45(39(27)50)33-9-10-35(47)43-38(33)49/h1-8,11-12,14-15,17-18,28,32-33,37,42,46H,9-10,13,16,19-22H2,(H,41,48)(H,43,47,49)/t28-,32-,33?,37-/m1/s1. The molecule has 5 heterocycles. The average molecular weight is 703 g/mol. The van der Waals surface area contributed by atoms with Crippen molar-refractivity contribution in [3.8, 4) is 11.1 Å². The van der Waals surface area contributed by atoms with E-state index < -0.39 is 11.9 Å². The van der Waals surface area contributed by atoms with E-state index in [2.05, 4.69) is 56.2 Å². The predicted molar refractivity (Wildman–Crippen MR) is 194 cm³/mol. The Kier molecular flexibility index (Phi) is 9.05. The minimum absolute atomic E-state index is 0.00564. The van der Waals surface area contributed by atoms with Crippen LogP contribution in [0.25, 0.3) is 11.1 Å². The van der Waals surface area contributed by atoms with Gasteiger partial charge in [0.15, 0.2) is 0 Å². The summed E-state index contributed by atoms with van der Waals surface area (Å²) < 4.78 is 0. The highest BCUT2D eigenvalue weighted by Gasteiger charge is 2.44. The number of carbonyl (C=O) groups is 4. The zero-order chi connectivity index (χ0) is 35.1. The van der Waals surface area contributed by atoms with E-state index >= 15 is 0 Å². The Morgan fingerprint density at radius 1 is 0.980 bits per heavy atom. The number of fused-ring (bicyclic) bond motifs is 4. The molecule has 260 valence electrons. The lowest BCUT2D eigenvalue weighted by Crippen LogP contribution is -2.52. The van der Waals surface area contributed by atoms with Crippen LogP contribution in [-0.2, 0) is 27.5 Å². The molecule has 4 amide bonds. The summed E-state index contributed by atoms with van der Waals surface area (Å²) >= 11 is 1.35. The number of imide groups is 1. The average Bonchev–Trinajstić information content (AvgIpc) is 3.72. The Labute approximate surface area is 299 Å². The van der Waals surface area contributed by atoms with Crippen molar-refractivity contribution in [2.45, 2.75) is 55.4 Å². The molecule has 11 nitrogen and oxygen atoms in total. The molecule has 0 radical (unpaired) electrons. The van der Waals surface area contributed by atoms with Crippen LogP contribution in [0.4, 0.5) is 11.4 Å². The lowest BCUT2D eigenvalue weighted by atomic mass is 9.82. The number of likely N-dealkylation sites (tertiary alicyclic amines) is 1. The molecular formula is C39H38N6O5S. The number of aromatic nitrogens is 1. The van der Waals surface area contributed by atoms with Gasteiger partial charge in [-0.05, 0) is 95.7 Å². The summed E-state index contributed by atoms with van der Waals surface area (Å²) in [5.41, 5.74) is 7.49. The van der Waals surface area contributed by atoms with Crippen LogP contribution < -0.4 is 16.0 Å². The highest BCUT2D eigenvalue weighted by atomic mass is 32.2. The van der Waals surface area contributed by atoms with Gasteiger partial charge >= 0.3 is 0 Å². The number of rotatable bonds is 9. The summed E-state index contributed by atoms with van der Waals surface area (Å²) in [6.45, 7) is 2.09. The largest absolute Gasteiger partial charge is 0.394 e. The molecule has 4 aliphatic heterocycles. The fraction of sp³-hybridized carbons (Fsp3) is 0.308. The minimum Gasteiger partial charge on any atom is -0.394 e. The third-order valence-corrected chi connectivity index (χ3v) is 11.6. The molecule has 0 aliphatic carbocycles. The van der Waals surface area contributed by atoms with E-state index in [0.29, 0.717) is 17.7 Å². The monoisotopic (exact) mass is 702 g/mol. The number of aliphatic hydroxyl groups is 1. The van der Waals surface area contributed by atoms with E-state index in [1.54, 1.807) is 12.1 Å². The Hall–Kier alpha value is -5.04. The van der Waals surface area contributed by atoms with Crippen LogP contribution in [0, 0.1) is 5.92 Å². The quantitative estimate of drug-likeness (QED) is 0.146. The first-order chi connectivity index (χ1) is 24.9. The number of carbonyl (C=O) groups excluding carboxylic acids is 4. The minimum atomic E-state index is -0.689. The molecule has 4 aromatic rings. The first kappa shape index (κ1) is 33.1. The van der Waals surface area contributed by atoms with Crippen molar-refractivity contribution in [3.05, 3.63) is 107 Å². The molecule has 0 saturated carbocycles. The SMILES string of the molecule is O=C1CCC(N2Cc3c(SCC(=O)Nc4cccc(-c5ccc6c(c5)[C@H]5[C@H](CCN5Cc5ccncc5)[C@@H](CO)N6)c4)cccc3C2=O)C(=O)N1. The van der Waals surface area contributed by atoms with E-state index in [1.807, 2.05) is 42.7 Å². The number of hydrogen-bond acceptors (Lipinski definition) is 9. The van der Waals surface area contributed by atoms with Crippen molar-refractivity contribution in [1.29, 1.82) is 0 Å². The van der Waals surface area contributed by atoms with Gasteiger partial charge in [-0.15, -0.1) is 11.8 Å². The van der Waals surface area contributed by atoms with Gasteiger partial charge in [-0.1, -0.05) is 24.3 Å². The molecule has 1 unspecified atom stereocenters. The summed E-state index contributed by atoms with van der Waals surface area (Å²) in [6, 6.07) is 23.2. The Morgan fingerprint density at radius 2 is 1.80 bits per heavy atom. The number of piperidine rings is 1. The van der Waals surface area contributed by atoms with Crippen LogP contribution in [0.3, 0.4) is 0 Å². The fourth-order valence-corrected chi connectivity index (χ4v) is 8.93. The zero-order valence-corrected chi connectivity index (χ0v) is 28.7. The van der Waals surface area contributed by atoms with Gasteiger partial charge in [0.05, 0.1) is 18.4 Å². The number of amides is 4. The Bertz CT molecular complexity index is 2020. The number of aliphatic hydroxyl groups excluding tert-OH is 1. The van der Waals surface area contributed by atoms with Crippen LogP contribution in [0.5, 0.6) is 0 Å². The molecule has 2 fully saturated rings. The molecule has 51 heavy (non-hydrogen) atoms. The molecule has 2 saturated heterocycles. The number of pyridine rings is 1. The topological polar surface area (TPSA) is 144 Å². The van der Waals surface area contributed by atoms with Gasteiger partial charge in [0.1, 0.15) is 6.04 Å². The van der Waals surface area contributed by atoms with Crippen LogP contribution in [0.2, 0.25) is 0 Å². The third kappa shape index (κ3) is 6.50. The fourth-order valence-electron chi connectivity index (χ4n) is 8.05. The zero-order valence-electron chi connectivity index (χ0n) is 27.9. The lowest BCUT2D eigenvalue weighted by Gasteiger charge is -2.39. The maximum absolute atomic E-state index is 13.2. The molecule has 4 aliphatic rings. The van der Waals surface area contributed by atoms with Crippen LogP contribution in [-0.4, -0.2) is 74.5 Å².